The molecule has 0 unspecified atom stereocenters. The zero-order chi connectivity index (χ0) is 13.1. The van der Waals surface area contributed by atoms with Gasteiger partial charge in [-0.1, -0.05) is 12.1 Å². The predicted octanol–water partition coefficient (Wildman–Crippen LogP) is 3.05. The first kappa shape index (κ1) is 12.6. The topological polar surface area (TPSA) is 24.9 Å². The van der Waals surface area contributed by atoms with Gasteiger partial charge in [-0.15, -0.1) is 0 Å². The molecule has 0 saturated carbocycles. The smallest absolute Gasteiger partial charge is 0.166 e. The summed E-state index contributed by atoms with van der Waals surface area (Å²) in [6.07, 6.45) is 3.23. The Morgan fingerprint density at radius 1 is 1.17 bits per heavy atom. The highest BCUT2D eigenvalue weighted by molar-refractivity contribution is 5.64. The highest BCUT2D eigenvalue weighted by Gasteiger charge is 2.12. The number of nitrogens with one attached hydrogen (secondary N) is 1. The summed E-state index contributed by atoms with van der Waals surface area (Å²) in [5.41, 5.74) is 2.05. The maximum atomic E-state index is 13.8. The number of pyridine rings is 1. The molecule has 0 saturated heterocycles. The number of aromatic nitrogens is 1. The molecule has 0 aliphatic heterocycles. The van der Waals surface area contributed by atoms with Crippen LogP contribution in [0.25, 0.3) is 11.1 Å². The van der Waals surface area contributed by atoms with E-state index in [1.54, 1.807) is 24.4 Å². The summed E-state index contributed by atoms with van der Waals surface area (Å²) in [7, 11) is 1.82. The van der Waals surface area contributed by atoms with Gasteiger partial charge < -0.3 is 5.32 Å². The molecule has 1 N–H and O–H groups in total. The number of rotatable bonds is 3. The van der Waals surface area contributed by atoms with Crippen molar-refractivity contribution in [1.82, 2.24) is 10.3 Å². The molecule has 0 amide bonds. The Morgan fingerprint density at radius 2 is 1.94 bits per heavy atom. The number of nitrogens with zero attached hydrogens (tertiary/aromatic N) is 1. The zero-order valence-electron chi connectivity index (χ0n) is 10.3. The van der Waals surface area contributed by atoms with E-state index in [1.165, 1.54) is 13.1 Å². The molecule has 2 aromatic rings. The molecule has 0 spiro atoms. The van der Waals surface area contributed by atoms with Crippen LogP contribution in [-0.4, -0.2) is 12.0 Å². The van der Waals surface area contributed by atoms with Crippen molar-refractivity contribution in [3.05, 3.63) is 53.4 Å². The average molecular weight is 248 g/mol. The van der Waals surface area contributed by atoms with E-state index in [2.05, 4.69) is 10.3 Å². The third kappa shape index (κ3) is 2.38. The van der Waals surface area contributed by atoms with Crippen LogP contribution in [0, 0.1) is 18.6 Å². The molecular formula is C14H14F2N2. The van der Waals surface area contributed by atoms with Crippen LogP contribution in [0.1, 0.15) is 11.1 Å². The van der Waals surface area contributed by atoms with E-state index in [0.29, 0.717) is 17.7 Å². The first-order chi connectivity index (χ1) is 8.63. The number of aryl methyl sites for hydroxylation is 1. The Labute approximate surface area is 105 Å². The molecule has 1 aromatic heterocycles. The van der Waals surface area contributed by atoms with Gasteiger partial charge in [-0.2, -0.15) is 0 Å². The Bertz CT molecular complexity index is 568. The lowest BCUT2D eigenvalue weighted by molar-refractivity contribution is 0.505. The molecule has 0 aliphatic rings. The second-order valence-electron chi connectivity index (χ2n) is 4.17. The van der Waals surface area contributed by atoms with Crippen molar-refractivity contribution in [3.63, 3.8) is 0 Å². The summed E-state index contributed by atoms with van der Waals surface area (Å²) in [6, 6.07) is 4.95. The number of hydrogen-bond donors (Lipinski definition) is 1. The van der Waals surface area contributed by atoms with Gasteiger partial charge in [0.05, 0.1) is 0 Å². The Hall–Kier alpha value is -1.81. The van der Waals surface area contributed by atoms with Crippen LogP contribution in [0.3, 0.4) is 0 Å². The van der Waals surface area contributed by atoms with E-state index < -0.39 is 11.6 Å². The fraction of sp³-hybridized carbons (Fsp3) is 0.214. The second kappa shape index (κ2) is 5.23. The summed E-state index contributed by atoms with van der Waals surface area (Å²) >= 11 is 0. The lowest BCUT2D eigenvalue weighted by Gasteiger charge is -2.07. The molecule has 18 heavy (non-hydrogen) atoms. The maximum Gasteiger partial charge on any atom is 0.166 e. The molecule has 0 aliphatic carbocycles. The molecule has 0 fully saturated rings. The van der Waals surface area contributed by atoms with Crippen molar-refractivity contribution in [3.8, 4) is 11.1 Å². The molecule has 1 heterocycles. The fourth-order valence-electron chi connectivity index (χ4n) is 1.80. The van der Waals surface area contributed by atoms with Crippen molar-refractivity contribution >= 4 is 0 Å². The van der Waals surface area contributed by atoms with Gasteiger partial charge in [0.1, 0.15) is 0 Å². The van der Waals surface area contributed by atoms with Crippen molar-refractivity contribution in [2.24, 2.45) is 0 Å². The quantitative estimate of drug-likeness (QED) is 0.903. The van der Waals surface area contributed by atoms with Crippen LogP contribution in [0.5, 0.6) is 0 Å². The van der Waals surface area contributed by atoms with Gasteiger partial charge in [0.15, 0.2) is 11.6 Å². The molecule has 4 heteroatoms. The summed E-state index contributed by atoms with van der Waals surface area (Å²) in [5.74, 6) is -1.62. The Balaban J connectivity index is 2.48. The molecule has 94 valence electrons. The van der Waals surface area contributed by atoms with Crippen LogP contribution in [-0.2, 0) is 6.54 Å². The van der Waals surface area contributed by atoms with Crippen molar-refractivity contribution in [2.75, 3.05) is 7.05 Å². The standard InChI is InChI=1S/C14H14F2N2/c1-9-3-4-12(14(16)13(9)15)11-5-10(6-17-2)7-18-8-11/h3-5,7-8,17H,6H2,1-2H3. The summed E-state index contributed by atoms with van der Waals surface area (Å²) in [6.45, 7) is 2.18. The van der Waals surface area contributed by atoms with E-state index in [4.69, 9.17) is 0 Å². The predicted molar refractivity (Wildman–Crippen MR) is 67.1 cm³/mol. The summed E-state index contributed by atoms with van der Waals surface area (Å²) in [4.78, 5) is 4.04. The highest BCUT2D eigenvalue weighted by Crippen LogP contribution is 2.26. The number of benzene rings is 1. The van der Waals surface area contributed by atoms with E-state index in [1.807, 2.05) is 7.05 Å². The Morgan fingerprint density at radius 3 is 2.67 bits per heavy atom. The Kier molecular flexibility index (Phi) is 3.67. The zero-order valence-corrected chi connectivity index (χ0v) is 10.3. The van der Waals surface area contributed by atoms with Crippen molar-refractivity contribution in [1.29, 1.82) is 0 Å². The van der Waals surface area contributed by atoms with Crippen LogP contribution in [0.4, 0.5) is 8.78 Å². The third-order valence-electron chi connectivity index (χ3n) is 2.76. The molecule has 1 aromatic carbocycles. The summed E-state index contributed by atoms with van der Waals surface area (Å²) in [5, 5.41) is 2.99. The lowest BCUT2D eigenvalue weighted by atomic mass is 10.0. The normalized spacial score (nSPS) is 10.7. The maximum absolute atomic E-state index is 13.8. The minimum absolute atomic E-state index is 0.239. The summed E-state index contributed by atoms with van der Waals surface area (Å²) < 4.78 is 27.4. The molecule has 2 nitrogen and oxygen atoms in total. The van der Waals surface area contributed by atoms with Crippen molar-refractivity contribution in [2.45, 2.75) is 13.5 Å². The number of hydrogen-bond acceptors (Lipinski definition) is 2. The second-order valence-corrected chi connectivity index (χ2v) is 4.17. The van der Waals surface area contributed by atoms with Gasteiger partial charge in [0, 0.05) is 30.1 Å². The molecule has 0 bridgehead atoms. The molecule has 0 radical (unpaired) electrons. The fourth-order valence-corrected chi connectivity index (χ4v) is 1.80. The van der Waals surface area contributed by atoms with E-state index in [0.717, 1.165) is 5.56 Å². The van der Waals surface area contributed by atoms with Crippen LogP contribution in [0.2, 0.25) is 0 Å². The van der Waals surface area contributed by atoms with E-state index >= 15 is 0 Å². The third-order valence-corrected chi connectivity index (χ3v) is 2.76. The van der Waals surface area contributed by atoms with Crippen molar-refractivity contribution < 1.29 is 8.78 Å². The molecule has 2 rings (SSSR count). The molecular weight excluding hydrogens is 234 g/mol. The van der Waals surface area contributed by atoms with Gasteiger partial charge in [-0.05, 0) is 31.2 Å². The van der Waals surface area contributed by atoms with Gasteiger partial charge in [-0.25, -0.2) is 8.78 Å². The van der Waals surface area contributed by atoms with Gasteiger partial charge in [-0.3, -0.25) is 4.98 Å². The lowest BCUT2D eigenvalue weighted by Crippen LogP contribution is -2.05. The van der Waals surface area contributed by atoms with Crippen LogP contribution < -0.4 is 5.32 Å². The van der Waals surface area contributed by atoms with Crippen LogP contribution >= 0.6 is 0 Å². The van der Waals surface area contributed by atoms with Crippen LogP contribution in [0.15, 0.2) is 30.6 Å². The minimum atomic E-state index is -0.821. The monoisotopic (exact) mass is 248 g/mol. The van der Waals surface area contributed by atoms with E-state index in [9.17, 15) is 8.78 Å². The first-order valence-corrected chi connectivity index (χ1v) is 5.67. The highest BCUT2D eigenvalue weighted by atomic mass is 19.2. The first-order valence-electron chi connectivity index (χ1n) is 5.67. The van der Waals surface area contributed by atoms with Gasteiger partial charge >= 0.3 is 0 Å². The SMILES string of the molecule is CNCc1cncc(-c2ccc(C)c(F)c2F)c1. The average Bonchev–Trinajstić information content (AvgIpc) is 2.37. The molecule has 0 atom stereocenters. The number of halogens is 2. The van der Waals surface area contributed by atoms with Gasteiger partial charge in [0.25, 0.3) is 0 Å². The van der Waals surface area contributed by atoms with Gasteiger partial charge in [0.2, 0.25) is 0 Å². The largest absolute Gasteiger partial charge is 0.316 e. The minimum Gasteiger partial charge on any atom is -0.316 e. The van der Waals surface area contributed by atoms with E-state index in [-0.39, 0.29) is 5.56 Å².